The minimum atomic E-state index is -0.270. The van der Waals surface area contributed by atoms with Gasteiger partial charge in [0.2, 0.25) is 5.91 Å². The minimum absolute atomic E-state index is 0.0116. The van der Waals surface area contributed by atoms with Crippen LogP contribution in [0.2, 0.25) is 0 Å². The first-order valence-corrected chi connectivity index (χ1v) is 10.7. The molecule has 1 aliphatic heterocycles. The largest absolute Gasteiger partial charge is 0.394 e. The Labute approximate surface area is 168 Å². The maximum Gasteiger partial charge on any atom is 0.243 e. The lowest BCUT2D eigenvalue weighted by molar-refractivity contribution is -0.124. The van der Waals surface area contributed by atoms with Gasteiger partial charge in [-0.25, -0.2) is 0 Å². The number of benzene rings is 1. The number of aromatic amines is 1. The van der Waals surface area contributed by atoms with Gasteiger partial charge in [0.15, 0.2) is 0 Å². The number of aryl methyl sites for hydroxylation is 1. The molecule has 5 heteroatoms. The lowest BCUT2D eigenvalue weighted by Gasteiger charge is -2.32. The molecule has 3 rings (SSSR count). The predicted molar refractivity (Wildman–Crippen MR) is 116 cm³/mol. The van der Waals surface area contributed by atoms with Gasteiger partial charge in [-0.3, -0.25) is 4.79 Å². The monoisotopic (exact) mass is 385 g/mol. The summed E-state index contributed by atoms with van der Waals surface area (Å²) < 4.78 is 0. The molecule has 0 unspecified atom stereocenters. The molecule has 0 bridgehead atoms. The number of nitrogens with zero attached hydrogens (tertiary/aromatic N) is 1. The summed E-state index contributed by atoms with van der Waals surface area (Å²) in [5, 5.41) is 14.1. The minimum Gasteiger partial charge on any atom is -0.394 e. The van der Waals surface area contributed by atoms with E-state index in [1.54, 1.807) is 0 Å². The van der Waals surface area contributed by atoms with E-state index < -0.39 is 0 Å². The third kappa shape index (κ3) is 4.04. The molecule has 0 fully saturated rings. The second-order valence-corrected chi connectivity index (χ2v) is 8.51. The van der Waals surface area contributed by atoms with E-state index >= 15 is 0 Å². The molecule has 0 spiro atoms. The van der Waals surface area contributed by atoms with Gasteiger partial charge in [-0.15, -0.1) is 0 Å². The molecule has 28 heavy (non-hydrogen) atoms. The standard InChI is InChI=1S/C23H35N3O2/c1-5-6-7-8-9-16-10-11-19-20-17(13-24-21(16)20)12-18(14-27)25-23(28)22(15(2)3)26(19)4/h10-11,13,15,18,22,24,27H,5-9,12,14H2,1-4H3,(H,25,28)/t18-,22+/m1/s1. The third-order valence-corrected chi connectivity index (χ3v) is 6.01. The van der Waals surface area contributed by atoms with Gasteiger partial charge in [0, 0.05) is 24.3 Å². The van der Waals surface area contributed by atoms with Crippen LogP contribution in [0.25, 0.3) is 10.9 Å². The Bertz CT molecular complexity index is 812. The van der Waals surface area contributed by atoms with E-state index in [4.69, 9.17) is 0 Å². The average molecular weight is 386 g/mol. The smallest absolute Gasteiger partial charge is 0.243 e. The maximum absolute atomic E-state index is 12.9. The van der Waals surface area contributed by atoms with Gasteiger partial charge in [-0.05, 0) is 42.4 Å². The molecule has 1 aromatic carbocycles. The Hall–Kier alpha value is -2.01. The van der Waals surface area contributed by atoms with Crippen LogP contribution in [0.5, 0.6) is 0 Å². The molecule has 0 saturated carbocycles. The van der Waals surface area contributed by atoms with E-state index in [2.05, 4.69) is 54.3 Å². The number of aliphatic hydroxyl groups is 1. The summed E-state index contributed by atoms with van der Waals surface area (Å²) in [6, 6.07) is 3.86. The number of hydrogen-bond donors (Lipinski definition) is 3. The molecule has 0 saturated heterocycles. The first kappa shape index (κ1) is 20.7. The molecule has 1 amide bonds. The van der Waals surface area contributed by atoms with Crippen molar-refractivity contribution >= 4 is 22.5 Å². The first-order valence-electron chi connectivity index (χ1n) is 10.7. The van der Waals surface area contributed by atoms with Gasteiger partial charge in [0.1, 0.15) is 6.04 Å². The number of aliphatic hydroxyl groups excluding tert-OH is 1. The first-order chi connectivity index (χ1) is 13.5. The van der Waals surface area contributed by atoms with Gasteiger partial charge in [0.25, 0.3) is 0 Å². The van der Waals surface area contributed by atoms with Crippen molar-refractivity contribution in [1.82, 2.24) is 10.3 Å². The highest BCUT2D eigenvalue weighted by Gasteiger charge is 2.32. The van der Waals surface area contributed by atoms with Crippen LogP contribution < -0.4 is 10.2 Å². The van der Waals surface area contributed by atoms with Crippen LogP contribution in [0, 0.1) is 5.92 Å². The summed E-state index contributed by atoms with van der Waals surface area (Å²) in [5.74, 6) is 0.149. The normalized spacial score (nSPS) is 20.2. The van der Waals surface area contributed by atoms with Gasteiger partial charge in [-0.1, -0.05) is 46.1 Å². The SMILES string of the molecule is CCCCCCc1ccc2c3c(c[nH]c13)C[C@H](CO)NC(=O)[C@H](C(C)C)N2C. The van der Waals surface area contributed by atoms with E-state index in [0.29, 0.717) is 6.42 Å². The topological polar surface area (TPSA) is 68.4 Å². The van der Waals surface area contributed by atoms with Gasteiger partial charge in [-0.2, -0.15) is 0 Å². The van der Waals surface area contributed by atoms with Crippen molar-refractivity contribution in [2.45, 2.75) is 71.4 Å². The van der Waals surface area contributed by atoms with Crippen molar-refractivity contribution in [3.05, 3.63) is 29.5 Å². The van der Waals surface area contributed by atoms with Crippen LogP contribution in [-0.2, 0) is 17.6 Å². The van der Waals surface area contributed by atoms with E-state index in [1.165, 1.54) is 42.1 Å². The second-order valence-electron chi connectivity index (χ2n) is 8.51. The number of rotatable bonds is 7. The van der Waals surface area contributed by atoms with E-state index in [-0.39, 0.29) is 30.5 Å². The van der Waals surface area contributed by atoms with Crippen LogP contribution in [0.3, 0.4) is 0 Å². The summed E-state index contributed by atoms with van der Waals surface area (Å²) in [7, 11) is 2.01. The fourth-order valence-electron chi connectivity index (χ4n) is 4.55. The molecule has 154 valence electrons. The Morgan fingerprint density at radius 3 is 2.71 bits per heavy atom. The highest BCUT2D eigenvalue weighted by atomic mass is 16.3. The average Bonchev–Trinajstić information content (AvgIpc) is 3.09. The van der Waals surface area contributed by atoms with Crippen molar-refractivity contribution < 1.29 is 9.90 Å². The van der Waals surface area contributed by atoms with Gasteiger partial charge >= 0.3 is 0 Å². The van der Waals surface area contributed by atoms with Gasteiger partial charge < -0.3 is 20.3 Å². The lowest BCUT2D eigenvalue weighted by Crippen LogP contribution is -2.52. The summed E-state index contributed by atoms with van der Waals surface area (Å²) in [5.41, 5.74) is 4.78. The zero-order valence-electron chi connectivity index (χ0n) is 17.7. The van der Waals surface area contributed by atoms with Crippen LogP contribution >= 0.6 is 0 Å². The predicted octanol–water partition coefficient (Wildman–Crippen LogP) is 3.78. The summed E-state index contributed by atoms with van der Waals surface area (Å²) >= 11 is 0. The molecule has 2 heterocycles. The number of anilines is 1. The van der Waals surface area contributed by atoms with Crippen molar-refractivity contribution in [2.24, 2.45) is 5.92 Å². The maximum atomic E-state index is 12.9. The number of carbonyl (C=O) groups is 1. The molecule has 3 N–H and O–H groups in total. The van der Waals surface area contributed by atoms with Gasteiger partial charge in [0.05, 0.1) is 18.2 Å². The quantitative estimate of drug-likeness (QED) is 0.635. The Morgan fingerprint density at radius 1 is 1.25 bits per heavy atom. The highest BCUT2D eigenvalue weighted by Crippen LogP contribution is 2.35. The summed E-state index contributed by atoms with van der Waals surface area (Å²) in [6.07, 6.45) is 8.73. The number of likely N-dealkylation sites (N-methyl/N-ethyl adjacent to an activating group) is 1. The summed E-state index contributed by atoms with van der Waals surface area (Å²) in [4.78, 5) is 18.5. The zero-order valence-corrected chi connectivity index (χ0v) is 17.7. The van der Waals surface area contributed by atoms with Crippen molar-refractivity contribution in [1.29, 1.82) is 0 Å². The third-order valence-electron chi connectivity index (χ3n) is 6.01. The Morgan fingerprint density at radius 2 is 2.04 bits per heavy atom. The summed E-state index contributed by atoms with van der Waals surface area (Å²) in [6.45, 7) is 6.33. The van der Waals surface area contributed by atoms with E-state index in [0.717, 1.165) is 17.7 Å². The number of hydrogen-bond acceptors (Lipinski definition) is 3. The van der Waals surface area contributed by atoms with Crippen LogP contribution in [-0.4, -0.2) is 41.7 Å². The van der Waals surface area contributed by atoms with Crippen LogP contribution in [0.4, 0.5) is 5.69 Å². The molecule has 2 aromatic rings. The number of unbranched alkanes of at least 4 members (excludes halogenated alkanes) is 3. The molecule has 0 radical (unpaired) electrons. The Balaban J connectivity index is 2.06. The fourth-order valence-corrected chi connectivity index (χ4v) is 4.55. The zero-order chi connectivity index (χ0) is 20.3. The number of amides is 1. The second kappa shape index (κ2) is 8.99. The molecule has 0 aliphatic carbocycles. The molecule has 2 atom stereocenters. The number of carbonyl (C=O) groups excluding carboxylic acids is 1. The lowest BCUT2D eigenvalue weighted by atomic mass is 9.97. The fraction of sp³-hybridized carbons (Fsp3) is 0.609. The molecule has 1 aromatic heterocycles. The van der Waals surface area contributed by atoms with E-state index in [9.17, 15) is 9.90 Å². The van der Waals surface area contributed by atoms with Crippen LogP contribution in [0.1, 0.15) is 57.6 Å². The highest BCUT2D eigenvalue weighted by molar-refractivity contribution is 5.99. The van der Waals surface area contributed by atoms with Crippen molar-refractivity contribution in [3.63, 3.8) is 0 Å². The number of H-pyrrole nitrogens is 1. The molecular formula is C23H35N3O2. The molecule has 5 nitrogen and oxygen atoms in total. The molecule has 1 aliphatic rings. The Kier molecular flexibility index (Phi) is 6.65. The molecular weight excluding hydrogens is 350 g/mol. The number of nitrogens with one attached hydrogen (secondary N) is 2. The van der Waals surface area contributed by atoms with Crippen molar-refractivity contribution in [2.75, 3.05) is 18.6 Å². The van der Waals surface area contributed by atoms with Crippen LogP contribution in [0.15, 0.2) is 18.3 Å². The van der Waals surface area contributed by atoms with Crippen molar-refractivity contribution in [3.8, 4) is 0 Å². The number of aromatic nitrogens is 1. The van der Waals surface area contributed by atoms with E-state index in [1.807, 2.05) is 7.05 Å².